The van der Waals surface area contributed by atoms with Crippen molar-refractivity contribution in [1.29, 1.82) is 0 Å². The van der Waals surface area contributed by atoms with Gasteiger partial charge in [0.25, 0.3) is 0 Å². The van der Waals surface area contributed by atoms with Gasteiger partial charge in [-0.15, -0.1) is 0 Å². The summed E-state index contributed by atoms with van der Waals surface area (Å²) in [6.07, 6.45) is 2.86. The summed E-state index contributed by atoms with van der Waals surface area (Å²) in [6.45, 7) is 8.36. The Balaban J connectivity index is 1.65. The summed E-state index contributed by atoms with van der Waals surface area (Å²) >= 11 is 0. The largest absolute Gasteiger partial charge is 0.494 e. The van der Waals surface area contributed by atoms with E-state index in [1.54, 1.807) is 26.3 Å². The van der Waals surface area contributed by atoms with E-state index in [1.807, 2.05) is 36.4 Å². The number of para-hydroxylation sites is 2. The smallest absolute Gasteiger partial charge is 0.247 e. The maximum absolute atomic E-state index is 11.9. The standard InChI is InChI=1S/C27H31N7O4/c1-5-25(35)29-21-8-6-7-9-22(21)30-26-20(18(2)33-37-4)17-28-27(32-26)31-23-11-10-19(16-24(23)36-3)34-12-14-38-15-13-34/h5-11,16-17H,1,12-15H2,2-4H3,(H,29,35)(H2,28,30,31,32)/b33-18+. The van der Waals surface area contributed by atoms with E-state index in [-0.39, 0.29) is 5.91 Å². The van der Waals surface area contributed by atoms with Gasteiger partial charge in [-0.05, 0) is 37.3 Å². The van der Waals surface area contributed by atoms with Crippen LogP contribution in [0.15, 0.2) is 66.5 Å². The zero-order chi connectivity index (χ0) is 26.9. The normalized spacial score (nSPS) is 13.4. The van der Waals surface area contributed by atoms with E-state index >= 15 is 0 Å². The third-order valence-electron chi connectivity index (χ3n) is 5.84. The molecule has 0 unspecified atom stereocenters. The molecule has 2 heterocycles. The molecule has 38 heavy (non-hydrogen) atoms. The van der Waals surface area contributed by atoms with Crippen LogP contribution < -0.4 is 25.6 Å². The highest BCUT2D eigenvalue weighted by molar-refractivity contribution is 6.04. The summed E-state index contributed by atoms with van der Waals surface area (Å²) in [5.41, 5.74) is 4.16. The average molecular weight is 518 g/mol. The third kappa shape index (κ3) is 6.37. The van der Waals surface area contributed by atoms with Crippen molar-refractivity contribution in [3.05, 3.63) is 66.9 Å². The summed E-state index contributed by atoms with van der Waals surface area (Å²) in [6, 6.07) is 13.2. The number of benzene rings is 2. The quantitative estimate of drug-likeness (QED) is 0.205. The first-order valence-electron chi connectivity index (χ1n) is 12.0. The maximum Gasteiger partial charge on any atom is 0.247 e. The van der Waals surface area contributed by atoms with Crippen LogP contribution in [0.25, 0.3) is 0 Å². The van der Waals surface area contributed by atoms with Crippen molar-refractivity contribution in [1.82, 2.24) is 9.97 Å². The van der Waals surface area contributed by atoms with Gasteiger partial charge in [0.2, 0.25) is 11.9 Å². The van der Waals surface area contributed by atoms with Crippen LogP contribution in [-0.4, -0.2) is 62.1 Å². The number of aromatic nitrogens is 2. The lowest BCUT2D eigenvalue weighted by Gasteiger charge is -2.29. The molecule has 0 saturated carbocycles. The van der Waals surface area contributed by atoms with Gasteiger partial charge < -0.3 is 35.2 Å². The Labute approximate surface area is 221 Å². The average Bonchev–Trinajstić information content (AvgIpc) is 2.95. The Bertz CT molecular complexity index is 1320. The number of anilines is 6. The highest BCUT2D eigenvalue weighted by Crippen LogP contribution is 2.33. The van der Waals surface area contributed by atoms with Crippen LogP contribution in [0.2, 0.25) is 0 Å². The Morgan fingerprint density at radius 2 is 1.87 bits per heavy atom. The molecule has 1 amide bonds. The van der Waals surface area contributed by atoms with Crippen LogP contribution in [0.1, 0.15) is 12.5 Å². The SMILES string of the molecule is C=CC(=O)Nc1ccccc1Nc1nc(Nc2ccc(N3CCOCC3)cc2OC)ncc1/C(C)=N/OC. The minimum absolute atomic E-state index is 0.325. The van der Waals surface area contributed by atoms with E-state index in [1.165, 1.54) is 13.2 Å². The molecule has 3 N–H and O–H groups in total. The van der Waals surface area contributed by atoms with Gasteiger partial charge in [-0.2, -0.15) is 4.98 Å². The number of ether oxygens (including phenoxy) is 2. The highest BCUT2D eigenvalue weighted by Gasteiger charge is 2.17. The number of carbonyl (C=O) groups is 1. The fourth-order valence-corrected chi connectivity index (χ4v) is 3.92. The highest BCUT2D eigenvalue weighted by atomic mass is 16.6. The summed E-state index contributed by atoms with van der Waals surface area (Å²) in [5, 5.41) is 13.4. The van der Waals surface area contributed by atoms with Crippen LogP contribution >= 0.6 is 0 Å². The molecule has 198 valence electrons. The van der Waals surface area contributed by atoms with Crippen molar-refractivity contribution < 1.29 is 19.1 Å². The fraction of sp³-hybridized carbons (Fsp3) is 0.259. The molecule has 0 bridgehead atoms. The number of nitrogens with one attached hydrogen (secondary N) is 3. The number of methoxy groups -OCH3 is 1. The summed E-state index contributed by atoms with van der Waals surface area (Å²) in [7, 11) is 3.10. The second-order valence-corrected chi connectivity index (χ2v) is 8.29. The minimum atomic E-state index is -0.325. The van der Waals surface area contributed by atoms with Crippen LogP contribution in [0.5, 0.6) is 5.75 Å². The number of nitrogens with zero attached hydrogens (tertiary/aromatic N) is 4. The Morgan fingerprint density at radius 1 is 1.11 bits per heavy atom. The molecule has 1 fully saturated rings. The van der Waals surface area contributed by atoms with E-state index in [9.17, 15) is 4.79 Å². The molecule has 0 atom stereocenters. The lowest BCUT2D eigenvalue weighted by Crippen LogP contribution is -2.36. The number of oxime groups is 1. The number of amides is 1. The molecule has 0 spiro atoms. The molecule has 11 heteroatoms. The van der Waals surface area contributed by atoms with Crippen molar-refractivity contribution >= 4 is 46.1 Å². The predicted molar refractivity (Wildman–Crippen MR) is 149 cm³/mol. The van der Waals surface area contributed by atoms with Gasteiger partial charge >= 0.3 is 0 Å². The van der Waals surface area contributed by atoms with E-state index in [2.05, 4.69) is 37.6 Å². The Morgan fingerprint density at radius 3 is 2.58 bits per heavy atom. The summed E-state index contributed by atoms with van der Waals surface area (Å²) in [5.74, 6) is 1.14. The van der Waals surface area contributed by atoms with Crippen molar-refractivity contribution in [2.75, 3.05) is 61.4 Å². The minimum Gasteiger partial charge on any atom is -0.494 e. The van der Waals surface area contributed by atoms with Crippen LogP contribution in [0, 0.1) is 0 Å². The van der Waals surface area contributed by atoms with Crippen LogP contribution in [0.3, 0.4) is 0 Å². The molecular formula is C27H31N7O4. The first kappa shape index (κ1) is 26.4. The van der Waals surface area contributed by atoms with Gasteiger partial charge in [0.05, 0.1) is 48.7 Å². The zero-order valence-corrected chi connectivity index (χ0v) is 21.7. The third-order valence-corrected chi connectivity index (χ3v) is 5.84. The summed E-state index contributed by atoms with van der Waals surface area (Å²) < 4.78 is 11.1. The first-order valence-corrected chi connectivity index (χ1v) is 12.0. The zero-order valence-electron chi connectivity index (χ0n) is 21.7. The van der Waals surface area contributed by atoms with Gasteiger partial charge in [-0.1, -0.05) is 23.9 Å². The molecule has 3 aromatic rings. The predicted octanol–water partition coefficient (Wildman–Crippen LogP) is 4.30. The lowest BCUT2D eigenvalue weighted by atomic mass is 10.2. The Hall–Kier alpha value is -4.64. The van der Waals surface area contributed by atoms with Gasteiger partial charge in [-0.3, -0.25) is 4.79 Å². The number of hydrogen-bond donors (Lipinski definition) is 3. The number of rotatable bonds is 10. The van der Waals surface area contributed by atoms with Crippen molar-refractivity contribution in [3.8, 4) is 5.75 Å². The van der Waals surface area contributed by atoms with Gasteiger partial charge in [0, 0.05) is 31.0 Å². The molecule has 1 aromatic heterocycles. The molecule has 1 aliphatic rings. The molecular weight excluding hydrogens is 486 g/mol. The van der Waals surface area contributed by atoms with Crippen molar-refractivity contribution in [2.45, 2.75) is 6.92 Å². The van der Waals surface area contributed by atoms with E-state index in [0.717, 1.165) is 18.8 Å². The number of carbonyl (C=O) groups excluding carboxylic acids is 1. The molecule has 1 aliphatic heterocycles. The lowest BCUT2D eigenvalue weighted by molar-refractivity contribution is -0.111. The Kier molecular flexibility index (Phi) is 8.73. The molecule has 1 saturated heterocycles. The molecule has 0 aliphatic carbocycles. The van der Waals surface area contributed by atoms with Crippen LogP contribution in [0.4, 0.5) is 34.5 Å². The van der Waals surface area contributed by atoms with Gasteiger partial charge in [0.1, 0.15) is 18.7 Å². The van der Waals surface area contributed by atoms with E-state index in [4.69, 9.17) is 19.3 Å². The van der Waals surface area contributed by atoms with Crippen molar-refractivity contribution in [3.63, 3.8) is 0 Å². The maximum atomic E-state index is 11.9. The monoisotopic (exact) mass is 517 g/mol. The topological polar surface area (TPSA) is 122 Å². The number of hydrogen-bond acceptors (Lipinski definition) is 10. The summed E-state index contributed by atoms with van der Waals surface area (Å²) in [4.78, 5) is 28.4. The fourth-order valence-electron chi connectivity index (χ4n) is 3.92. The molecule has 4 rings (SSSR count). The van der Waals surface area contributed by atoms with Crippen molar-refractivity contribution in [2.24, 2.45) is 5.16 Å². The van der Waals surface area contributed by atoms with Gasteiger partial charge in [0.15, 0.2) is 0 Å². The molecule has 0 radical (unpaired) electrons. The molecule has 2 aromatic carbocycles. The second-order valence-electron chi connectivity index (χ2n) is 8.29. The second kappa shape index (κ2) is 12.5. The van der Waals surface area contributed by atoms with Gasteiger partial charge in [-0.25, -0.2) is 4.98 Å². The molecule has 11 nitrogen and oxygen atoms in total. The first-order chi connectivity index (χ1) is 18.5. The van der Waals surface area contributed by atoms with Crippen LogP contribution in [-0.2, 0) is 14.4 Å². The number of morpholine rings is 1. The van der Waals surface area contributed by atoms with E-state index < -0.39 is 0 Å². The van der Waals surface area contributed by atoms with E-state index in [0.29, 0.717) is 59.1 Å².